The van der Waals surface area contributed by atoms with Crippen LogP contribution < -0.4 is 0 Å². The number of rotatable bonds is 6. The van der Waals surface area contributed by atoms with Gasteiger partial charge in [-0.05, 0) is 25.5 Å². The number of hydroxylamine groups is 2. The van der Waals surface area contributed by atoms with E-state index in [0.29, 0.717) is 18.7 Å². The summed E-state index contributed by atoms with van der Waals surface area (Å²) in [5, 5.41) is 12.0. The molecule has 0 fully saturated rings. The van der Waals surface area contributed by atoms with Gasteiger partial charge in [-0.15, -0.1) is 5.06 Å². The zero-order valence-corrected chi connectivity index (χ0v) is 10.5. The van der Waals surface area contributed by atoms with Gasteiger partial charge in [-0.3, -0.25) is 10.1 Å². The lowest BCUT2D eigenvalue weighted by molar-refractivity contribution is -0.384. The lowest BCUT2D eigenvalue weighted by atomic mass is 10.2. The van der Waals surface area contributed by atoms with Gasteiger partial charge in [0.2, 0.25) is 0 Å². The Bertz CT molecular complexity index is 417. The van der Waals surface area contributed by atoms with Crippen LogP contribution >= 0.6 is 0 Å². The summed E-state index contributed by atoms with van der Waals surface area (Å²) in [7, 11) is 0. The van der Waals surface area contributed by atoms with Crippen LogP contribution in [0.5, 0.6) is 0 Å². The molecule has 1 rings (SSSR count). The number of hydrogen-bond acceptors (Lipinski definition) is 5. The Kier molecular flexibility index (Phi) is 5.26. The van der Waals surface area contributed by atoms with Gasteiger partial charge < -0.3 is 4.84 Å². The molecule has 0 heterocycles. The standard InChI is InChI=1S/C12H16N2O4/c1-3-9-13(4-2)18-12(15)10-5-7-11(8-6-10)14(16)17/h5-8H,3-4,9H2,1-2H3. The van der Waals surface area contributed by atoms with Gasteiger partial charge in [0.15, 0.2) is 0 Å². The summed E-state index contributed by atoms with van der Waals surface area (Å²) >= 11 is 0. The van der Waals surface area contributed by atoms with Crippen LogP contribution in [0, 0.1) is 10.1 Å². The SMILES string of the molecule is CCCN(CC)OC(=O)c1ccc([N+](=O)[O-])cc1. The van der Waals surface area contributed by atoms with Gasteiger partial charge in [-0.25, -0.2) is 4.79 Å². The fourth-order valence-corrected chi connectivity index (χ4v) is 1.41. The quantitative estimate of drug-likeness (QED) is 0.574. The number of hydrogen-bond donors (Lipinski definition) is 0. The molecule has 18 heavy (non-hydrogen) atoms. The molecule has 0 unspecified atom stereocenters. The molecule has 0 spiro atoms. The molecular weight excluding hydrogens is 236 g/mol. The molecule has 0 saturated carbocycles. The number of nitrogens with zero attached hydrogens (tertiary/aromatic N) is 2. The van der Waals surface area contributed by atoms with Gasteiger partial charge in [0.25, 0.3) is 5.69 Å². The summed E-state index contributed by atoms with van der Waals surface area (Å²) in [5.74, 6) is -0.500. The first-order chi connectivity index (χ1) is 8.58. The van der Waals surface area contributed by atoms with E-state index in [1.165, 1.54) is 24.3 Å². The van der Waals surface area contributed by atoms with Crippen LogP contribution in [-0.4, -0.2) is 29.0 Å². The van der Waals surface area contributed by atoms with Gasteiger partial charge in [0.05, 0.1) is 10.5 Å². The second-order valence-corrected chi connectivity index (χ2v) is 3.70. The van der Waals surface area contributed by atoms with Gasteiger partial charge in [0, 0.05) is 25.2 Å². The third-order valence-corrected chi connectivity index (χ3v) is 2.35. The van der Waals surface area contributed by atoms with E-state index in [9.17, 15) is 14.9 Å². The van der Waals surface area contributed by atoms with Crippen molar-refractivity contribution in [3.05, 3.63) is 39.9 Å². The van der Waals surface area contributed by atoms with E-state index in [4.69, 9.17) is 4.84 Å². The van der Waals surface area contributed by atoms with Crippen molar-refractivity contribution < 1.29 is 14.6 Å². The zero-order valence-electron chi connectivity index (χ0n) is 10.5. The Balaban J connectivity index is 2.69. The second-order valence-electron chi connectivity index (χ2n) is 3.70. The van der Waals surface area contributed by atoms with Crippen molar-refractivity contribution in [2.75, 3.05) is 13.1 Å². The third-order valence-electron chi connectivity index (χ3n) is 2.35. The molecule has 0 amide bonds. The molecule has 0 bridgehead atoms. The monoisotopic (exact) mass is 252 g/mol. The predicted octanol–water partition coefficient (Wildman–Crippen LogP) is 2.40. The van der Waals surface area contributed by atoms with E-state index in [0.717, 1.165) is 6.42 Å². The Hall–Kier alpha value is -1.95. The van der Waals surface area contributed by atoms with E-state index < -0.39 is 10.9 Å². The number of nitro groups is 1. The maximum Gasteiger partial charge on any atom is 0.357 e. The fraction of sp³-hybridized carbons (Fsp3) is 0.417. The smallest absolute Gasteiger partial charge is 0.357 e. The summed E-state index contributed by atoms with van der Waals surface area (Å²) in [6.07, 6.45) is 0.876. The minimum atomic E-state index is -0.509. The molecule has 0 aliphatic carbocycles. The van der Waals surface area contributed by atoms with Crippen molar-refractivity contribution in [2.24, 2.45) is 0 Å². The van der Waals surface area contributed by atoms with Crippen molar-refractivity contribution in [1.82, 2.24) is 5.06 Å². The average molecular weight is 252 g/mol. The van der Waals surface area contributed by atoms with Crippen molar-refractivity contribution >= 4 is 11.7 Å². The van der Waals surface area contributed by atoms with Crippen molar-refractivity contribution in [2.45, 2.75) is 20.3 Å². The highest BCUT2D eigenvalue weighted by Crippen LogP contribution is 2.13. The summed E-state index contributed by atoms with van der Waals surface area (Å²) in [5.41, 5.74) is 0.252. The third kappa shape index (κ3) is 3.81. The highest BCUT2D eigenvalue weighted by molar-refractivity contribution is 5.89. The van der Waals surface area contributed by atoms with Crippen LogP contribution in [-0.2, 0) is 4.84 Å². The molecule has 98 valence electrons. The molecule has 0 radical (unpaired) electrons. The zero-order chi connectivity index (χ0) is 13.5. The highest BCUT2D eigenvalue weighted by atomic mass is 16.7. The Morgan fingerprint density at radius 3 is 2.39 bits per heavy atom. The van der Waals surface area contributed by atoms with Gasteiger partial charge >= 0.3 is 5.97 Å². The fourth-order valence-electron chi connectivity index (χ4n) is 1.41. The van der Waals surface area contributed by atoms with Crippen LogP contribution in [0.25, 0.3) is 0 Å². The largest absolute Gasteiger partial charge is 0.364 e. The first kappa shape index (κ1) is 14.1. The van der Waals surface area contributed by atoms with E-state index in [-0.39, 0.29) is 5.69 Å². The van der Waals surface area contributed by atoms with Gasteiger partial charge in [0.1, 0.15) is 0 Å². The molecule has 1 aromatic carbocycles. The molecule has 0 atom stereocenters. The van der Waals surface area contributed by atoms with Crippen molar-refractivity contribution in [3.63, 3.8) is 0 Å². The van der Waals surface area contributed by atoms with Crippen LogP contribution in [0.4, 0.5) is 5.69 Å². The van der Waals surface area contributed by atoms with Crippen LogP contribution in [0.1, 0.15) is 30.6 Å². The molecule has 6 heteroatoms. The molecule has 0 N–H and O–H groups in total. The number of nitro benzene ring substituents is 1. The lowest BCUT2D eigenvalue weighted by Crippen LogP contribution is -2.28. The summed E-state index contributed by atoms with van der Waals surface area (Å²) in [6.45, 7) is 5.14. The predicted molar refractivity (Wildman–Crippen MR) is 66.0 cm³/mol. The topological polar surface area (TPSA) is 72.7 Å². The van der Waals surface area contributed by atoms with Gasteiger partial charge in [-0.1, -0.05) is 6.92 Å². The van der Waals surface area contributed by atoms with Gasteiger partial charge in [-0.2, -0.15) is 0 Å². The summed E-state index contributed by atoms with van der Waals surface area (Å²) < 4.78 is 0. The van der Waals surface area contributed by atoms with Crippen LogP contribution in [0.15, 0.2) is 24.3 Å². The van der Waals surface area contributed by atoms with E-state index in [1.807, 2.05) is 13.8 Å². The normalized spacial score (nSPS) is 10.4. The number of benzene rings is 1. The lowest BCUT2D eigenvalue weighted by Gasteiger charge is -2.18. The molecule has 0 aromatic heterocycles. The second kappa shape index (κ2) is 6.70. The van der Waals surface area contributed by atoms with Crippen LogP contribution in [0.2, 0.25) is 0 Å². The van der Waals surface area contributed by atoms with E-state index >= 15 is 0 Å². The Morgan fingerprint density at radius 1 is 1.33 bits per heavy atom. The summed E-state index contributed by atoms with van der Waals surface area (Å²) in [4.78, 5) is 26.9. The molecule has 0 aliphatic rings. The average Bonchev–Trinajstić information content (AvgIpc) is 2.38. The number of carbonyl (C=O) groups is 1. The highest BCUT2D eigenvalue weighted by Gasteiger charge is 2.13. The minimum Gasteiger partial charge on any atom is -0.364 e. The van der Waals surface area contributed by atoms with E-state index in [2.05, 4.69) is 0 Å². The maximum absolute atomic E-state index is 11.7. The number of non-ortho nitro benzene ring substituents is 1. The van der Waals surface area contributed by atoms with Crippen molar-refractivity contribution in [3.8, 4) is 0 Å². The molecular formula is C12H16N2O4. The summed E-state index contributed by atoms with van der Waals surface area (Å²) in [6, 6.07) is 5.35. The van der Waals surface area contributed by atoms with Crippen LogP contribution in [0.3, 0.4) is 0 Å². The minimum absolute atomic E-state index is 0.0487. The molecule has 0 aliphatic heterocycles. The van der Waals surface area contributed by atoms with Crippen molar-refractivity contribution in [1.29, 1.82) is 0 Å². The Morgan fingerprint density at radius 2 is 1.94 bits per heavy atom. The molecule has 6 nitrogen and oxygen atoms in total. The first-order valence-corrected chi connectivity index (χ1v) is 5.80. The first-order valence-electron chi connectivity index (χ1n) is 5.80. The Labute approximate surface area is 105 Å². The number of carbonyl (C=O) groups excluding carboxylic acids is 1. The molecule has 1 aromatic rings. The molecule has 0 saturated heterocycles. The van der Waals surface area contributed by atoms with E-state index in [1.54, 1.807) is 5.06 Å². The maximum atomic E-state index is 11.7.